The van der Waals surface area contributed by atoms with Gasteiger partial charge in [0.1, 0.15) is 5.82 Å². The summed E-state index contributed by atoms with van der Waals surface area (Å²) in [6, 6.07) is 3.45. The molecule has 74 valence electrons. The van der Waals surface area contributed by atoms with E-state index in [0.29, 0.717) is 12.0 Å². The van der Waals surface area contributed by atoms with Crippen LogP contribution in [0.15, 0.2) is 18.2 Å². The lowest BCUT2D eigenvalue weighted by Gasteiger charge is -2.03. The molecule has 0 saturated carbocycles. The molecule has 1 N–H and O–H groups in total. The third-order valence-corrected chi connectivity index (χ3v) is 1.89. The van der Waals surface area contributed by atoms with Crippen molar-refractivity contribution in [3.8, 4) is 0 Å². The Morgan fingerprint density at radius 2 is 2.07 bits per heavy atom. The zero-order chi connectivity index (χ0) is 10.7. The number of carboxylic acid groups (broad SMARTS) is 1. The Bertz CT molecular complexity index is 385. The van der Waals surface area contributed by atoms with E-state index in [-0.39, 0.29) is 5.56 Å². The molecule has 1 rings (SSSR count). The first kappa shape index (κ1) is 10.4. The van der Waals surface area contributed by atoms with Gasteiger partial charge in [0.25, 0.3) is 5.78 Å². The van der Waals surface area contributed by atoms with Crippen LogP contribution in [0.5, 0.6) is 0 Å². The Morgan fingerprint density at radius 3 is 2.57 bits per heavy atom. The lowest BCUT2D eigenvalue weighted by molar-refractivity contribution is -0.131. The zero-order valence-corrected chi connectivity index (χ0v) is 7.58. The molecule has 1 aromatic rings. The molecule has 4 heteroatoms. The number of aliphatic carboxylic acids is 1. The van der Waals surface area contributed by atoms with E-state index in [2.05, 4.69) is 0 Å². The van der Waals surface area contributed by atoms with Gasteiger partial charge in [0.15, 0.2) is 0 Å². The van der Waals surface area contributed by atoms with Crippen molar-refractivity contribution >= 4 is 11.8 Å². The maximum atomic E-state index is 12.7. The van der Waals surface area contributed by atoms with Crippen LogP contribution in [0.3, 0.4) is 0 Å². The highest BCUT2D eigenvalue weighted by molar-refractivity contribution is 6.40. The number of rotatable bonds is 3. The molecule has 0 aliphatic rings. The molecule has 0 bridgehead atoms. The Hall–Kier alpha value is -1.71. The monoisotopic (exact) mass is 196 g/mol. The van der Waals surface area contributed by atoms with E-state index < -0.39 is 17.6 Å². The molecule has 0 spiro atoms. The Kier molecular flexibility index (Phi) is 2.96. The molecule has 0 aliphatic heterocycles. The first-order valence-corrected chi connectivity index (χ1v) is 4.12. The molecule has 0 saturated heterocycles. The van der Waals surface area contributed by atoms with E-state index in [0.717, 1.165) is 6.07 Å². The van der Waals surface area contributed by atoms with Gasteiger partial charge in [-0.25, -0.2) is 9.18 Å². The summed E-state index contributed by atoms with van der Waals surface area (Å²) >= 11 is 0. The van der Waals surface area contributed by atoms with Crippen molar-refractivity contribution in [2.45, 2.75) is 13.3 Å². The van der Waals surface area contributed by atoms with Crippen molar-refractivity contribution in [2.75, 3.05) is 0 Å². The van der Waals surface area contributed by atoms with Crippen LogP contribution >= 0.6 is 0 Å². The SMILES string of the molecule is CCc1cc(F)ccc1C(=O)C(=O)O. The predicted molar refractivity (Wildman–Crippen MR) is 47.7 cm³/mol. The molecule has 0 amide bonds. The fraction of sp³-hybridized carbons (Fsp3) is 0.200. The van der Waals surface area contributed by atoms with Gasteiger partial charge in [-0.1, -0.05) is 6.92 Å². The largest absolute Gasteiger partial charge is 0.475 e. The molecule has 14 heavy (non-hydrogen) atoms. The Balaban J connectivity index is 3.20. The average molecular weight is 196 g/mol. The van der Waals surface area contributed by atoms with E-state index in [1.165, 1.54) is 12.1 Å². The minimum atomic E-state index is -1.52. The second kappa shape index (κ2) is 4.00. The minimum absolute atomic E-state index is 0.0569. The van der Waals surface area contributed by atoms with Crippen LogP contribution in [-0.4, -0.2) is 16.9 Å². The molecule has 0 aliphatic carbocycles. The molecule has 0 atom stereocenters. The Morgan fingerprint density at radius 1 is 1.43 bits per heavy atom. The van der Waals surface area contributed by atoms with Gasteiger partial charge in [-0.15, -0.1) is 0 Å². The third kappa shape index (κ3) is 1.96. The average Bonchev–Trinajstić information content (AvgIpc) is 2.16. The van der Waals surface area contributed by atoms with Crippen molar-refractivity contribution in [2.24, 2.45) is 0 Å². The molecule has 0 heterocycles. The van der Waals surface area contributed by atoms with Crippen LogP contribution in [0.4, 0.5) is 4.39 Å². The molecule has 0 unspecified atom stereocenters. The second-order valence-corrected chi connectivity index (χ2v) is 2.79. The maximum Gasteiger partial charge on any atom is 0.377 e. The number of hydrogen-bond acceptors (Lipinski definition) is 2. The van der Waals surface area contributed by atoms with Crippen LogP contribution < -0.4 is 0 Å². The highest BCUT2D eigenvalue weighted by Gasteiger charge is 2.17. The van der Waals surface area contributed by atoms with Crippen LogP contribution in [0, 0.1) is 5.82 Å². The highest BCUT2D eigenvalue weighted by atomic mass is 19.1. The molecular formula is C10H9FO3. The quantitative estimate of drug-likeness (QED) is 0.590. The topological polar surface area (TPSA) is 54.4 Å². The van der Waals surface area contributed by atoms with Gasteiger partial charge in [0.05, 0.1) is 0 Å². The summed E-state index contributed by atoms with van der Waals surface area (Å²) in [6.07, 6.45) is 0.423. The normalized spacial score (nSPS) is 9.86. The van der Waals surface area contributed by atoms with Crippen molar-refractivity contribution in [1.29, 1.82) is 0 Å². The lowest BCUT2D eigenvalue weighted by Crippen LogP contribution is -2.14. The summed E-state index contributed by atoms with van der Waals surface area (Å²) in [5.74, 6) is -2.99. The minimum Gasteiger partial charge on any atom is -0.475 e. The molecular weight excluding hydrogens is 187 g/mol. The van der Waals surface area contributed by atoms with Crippen molar-refractivity contribution in [1.82, 2.24) is 0 Å². The number of Topliss-reactive ketones (excluding diaryl/α,β-unsaturated/α-hetero) is 1. The first-order valence-electron chi connectivity index (χ1n) is 4.12. The number of ketones is 1. The van der Waals surface area contributed by atoms with E-state index in [4.69, 9.17) is 5.11 Å². The van der Waals surface area contributed by atoms with Gasteiger partial charge in [-0.3, -0.25) is 4.79 Å². The maximum absolute atomic E-state index is 12.7. The van der Waals surface area contributed by atoms with E-state index in [1.807, 2.05) is 0 Å². The zero-order valence-electron chi connectivity index (χ0n) is 7.58. The fourth-order valence-corrected chi connectivity index (χ4v) is 1.19. The lowest BCUT2D eigenvalue weighted by atomic mass is 10.0. The second-order valence-electron chi connectivity index (χ2n) is 2.79. The molecule has 0 fully saturated rings. The number of carbonyl (C=O) groups is 2. The van der Waals surface area contributed by atoms with Crippen LogP contribution in [0.25, 0.3) is 0 Å². The van der Waals surface area contributed by atoms with Crippen molar-refractivity contribution in [3.05, 3.63) is 35.1 Å². The summed E-state index contributed by atoms with van der Waals surface area (Å²) in [4.78, 5) is 21.5. The Labute approximate surface area is 80.2 Å². The molecule has 3 nitrogen and oxygen atoms in total. The number of aryl methyl sites for hydroxylation is 1. The van der Waals surface area contributed by atoms with Crippen molar-refractivity contribution in [3.63, 3.8) is 0 Å². The van der Waals surface area contributed by atoms with Crippen LogP contribution in [-0.2, 0) is 11.2 Å². The summed E-state index contributed by atoms with van der Waals surface area (Å²) < 4.78 is 12.7. The summed E-state index contributed by atoms with van der Waals surface area (Å²) in [5.41, 5.74) is 0.471. The smallest absolute Gasteiger partial charge is 0.377 e. The standard InChI is InChI=1S/C10H9FO3/c1-2-6-5-7(11)3-4-8(6)9(12)10(13)14/h3-5H,2H2,1H3,(H,13,14). The molecule has 0 radical (unpaired) electrons. The van der Waals surface area contributed by atoms with E-state index in [1.54, 1.807) is 6.92 Å². The van der Waals surface area contributed by atoms with Gasteiger partial charge < -0.3 is 5.11 Å². The van der Waals surface area contributed by atoms with E-state index >= 15 is 0 Å². The highest BCUT2D eigenvalue weighted by Crippen LogP contribution is 2.12. The van der Waals surface area contributed by atoms with Gasteiger partial charge in [0.2, 0.25) is 0 Å². The van der Waals surface area contributed by atoms with Crippen LogP contribution in [0.2, 0.25) is 0 Å². The first-order chi connectivity index (χ1) is 6.56. The predicted octanol–water partition coefficient (Wildman–Crippen LogP) is 1.66. The number of hydrogen-bond donors (Lipinski definition) is 1. The third-order valence-electron chi connectivity index (χ3n) is 1.89. The molecule has 1 aromatic carbocycles. The van der Waals surface area contributed by atoms with Crippen molar-refractivity contribution < 1.29 is 19.1 Å². The summed E-state index contributed by atoms with van der Waals surface area (Å²) in [5, 5.41) is 8.48. The molecule has 0 aromatic heterocycles. The summed E-state index contributed by atoms with van der Waals surface area (Å²) in [7, 11) is 0. The number of halogens is 1. The van der Waals surface area contributed by atoms with Gasteiger partial charge in [-0.2, -0.15) is 0 Å². The number of carbonyl (C=O) groups excluding carboxylic acids is 1. The fourth-order valence-electron chi connectivity index (χ4n) is 1.19. The van der Waals surface area contributed by atoms with Gasteiger partial charge in [-0.05, 0) is 30.2 Å². The number of carboxylic acids is 1. The van der Waals surface area contributed by atoms with Gasteiger partial charge in [0, 0.05) is 5.56 Å². The van der Waals surface area contributed by atoms with Crippen LogP contribution in [0.1, 0.15) is 22.8 Å². The van der Waals surface area contributed by atoms with Gasteiger partial charge >= 0.3 is 5.97 Å². The summed E-state index contributed by atoms with van der Waals surface area (Å²) in [6.45, 7) is 1.73. The van der Waals surface area contributed by atoms with E-state index in [9.17, 15) is 14.0 Å². The number of benzene rings is 1.